The number of allylic oxidation sites excluding steroid dienone is 1. The second kappa shape index (κ2) is 12.1. The van der Waals surface area contributed by atoms with E-state index in [1.165, 1.54) is 11.0 Å². The van der Waals surface area contributed by atoms with E-state index in [0.717, 1.165) is 0 Å². The molecule has 13 nitrogen and oxygen atoms in total. The molecular weight excluding hydrogens is 598 g/mol. The molecule has 0 saturated heterocycles. The zero-order valence-electron chi connectivity index (χ0n) is 25.5. The Bertz CT molecular complexity index is 1740. The Kier molecular flexibility index (Phi) is 8.49. The molecule has 0 fully saturated rings. The second-order valence-corrected chi connectivity index (χ2v) is 11.8. The molecule has 0 unspecified atom stereocenters. The van der Waals surface area contributed by atoms with Gasteiger partial charge in [-0.2, -0.15) is 0 Å². The molecule has 0 bridgehead atoms. The highest BCUT2D eigenvalue weighted by Crippen LogP contribution is 2.53. The summed E-state index contributed by atoms with van der Waals surface area (Å²) in [6, 6.07) is 8.37. The van der Waals surface area contributed by atoms with Gasteiger partial charge in [-0.15, -0.1) is 0 Å². The molecule has 0 heterocycles. The number of benzene rings is 2. The van der Waals surface area contributed by atoms with Crippen LogP contribution in [0.3, 0.4) is 0 Å². The number of ketones is 2. The van der Waals surface area contributed by atoms with E-state index in [-0.39, 0.29) is 54.9 Å². The standard InChI is InChI=1S/C33H35N3O10/c1-4-46-22(38)10-11-35-32(44)16-7-5-6-15(12-16)18-8-9-21(37)24-19(18)13-17-14-20-26(36(2)3)28(40)25(31(34)43)30(42)33(20,45)29(41)23(17)27(24)39/h5-9,12,17,20,26,37,40-41,45H,4,10-11,13-14H2,1-3H3,(H2,34,43)(H,35,44)/t17-,20-,26-,33-/m0/s1. The van der Waals surface area contributed by atoms with Crippen LogP contribution in [-0.4, -0.2) is 93.6 Å². The number of Topliss-reactive ketones (excluding diaryl/α,β-unsaturated/α-hetero) is 2. The molecule has 2 aromatic carbocycles. The van der Waals surface area contributed by atoms with Crippen molar-refractivity contribution in [2.45, 2.75) is 37.8 Å². The van der Waals surface area contributed by atoms with E-state index < -0.39 is 69.9 Å². The molecule has 0 aliphatic heterocycles. The maximum absolute atomic E-state index is 14.0. The lowest BCUT2D eigenvalue weighted by atomic mass is 9.58. The summed E-state index contributed by atoms with van der Waals surface area (Å²) in [5.41, 5.74) is 3.18. The number of phenolic OH excluding ortho intramolecular Hbond substituents is 1. The molecule has 7 N–H and O–H groups in total. The number of aromatic hydroxyl groups is 1. The Balaban J connectivity index is 1.55. The number of nitrogens with zero attached hydrogens (tertiary/aromatic N) is 1. The maximum Gasteiger partial charge on any atom is 0.307 e. The van der Waals surface area contributed by atoms with Crippen LogP contribution < -0.4 is 11.1 Å². The maximum atomic E-state index is 14.0. The van der Waals surface area contributed by atoms with Gasteiger partial charge in [0.2, 0.25) is 5.78 Å². The predicted molar refractivity (Wildman–Crippen MR) is 163 cm³/mol. The smallest absolute Gasteiger partial charge is 0.307 e. The third-order valence-electron chi connectivity index (χ3n) is 8.96. The number of aliphatic hydroxyl groups is 3. The largest absolute Gasteiger partial charge is 0.510 e. The SMILES string of the molecule is CCOC(=O)CCNC(=O)c1cccc(-c2ccc(O)c3c2C[C@H]2C[C@H]4[C@H](N(C)C)C(O)=C(C(N)=O)C(=O)[C@@]4(O)C(O)=C2C3=O)c1. The summed E-state index contributed by atoms with van der Waals surface area (Å²) in [4.78, 5) is 65.6. The van der Waals surface area contributed by atoms with Crippen LogP contribution in [0.1, 0.15) is 46.0 Å². The Morgan fingerprint density at radius 2 is 1.83 bits per heavy atom. The summed E-state index contributed by atoms with van der Waals surface area (Å²) in [7, 11) is 3.12. The first-order chi connectivity index (χ1) is 21.7. The normalized spacial score (nSPS) is 23.9. The van der Waals surface area contributed by atoms with E-state index in [0.29, 0.717) is 16.7 Å². The van der Waals surface area contributed by atoms with Gasteiger partial charge >= 0.3 is 5.97 Å². The third-order valence-corrected chi connectivity index (χ3v) is 8.96. The molecule has 3 aliphatic carbocycles. The molecule has 0 spiro atoms. The third kappa shape index (κ3) is 5.11. The summed E-state index contributed by atoms with van der Waals surface area (Å²) in [6.07, 6.45) is 0.0444. The van der Waals surface area contributed by atoms with E-state index in [4.69, 9.17) is 10.5 Å². The Morgan fingerprint density at radius 3 is 2.48 bits per heavy atom. The van der Waals surface area contributed by atoms with E-state index in [1.54, 1.807) is 51.4 Å². The van der Waals surface area contributed by atoms with Crippen LogP contribution in [0.15, 0.2) is 59.1 Å². The van der Waals surface area contributed by atoms with Crippen molar-refractivity contribution in [3.63, 3.8) is 0 Å². The van der Waals surface area contributed by atoms with Crippen molar-refractivity contribution < 1.29 is 49.1 Å². The van der Waals surface area contributed by atoms with Crippen molar-refractivity contribution in [2.24, 2.45) is 17.6 Å². The number of esters is 1. The van der Waals surface area contributed by atoms with E-state index in [2.05, 4.69) is 5.32 Å². The summed E-state index contributed by atoms with van der Waals surface area (Å²) < 4.78 is 4.88. The van der Waals surface area contributed by atoms with Crippen LogP contribution in [0.5, 0.6) is 5.75 Å². The van der Waals surface area contributed by atoms with Crippen molar-refractivity contribution in [1.82, 2.24) is 10.2 Å². The molecule has 4 atom stereocenters. The van der Waals surface area contributed by atoms with Crippen molar-refractivity contribution >= 4 is 29.4 Å². The molecule has 0 aromatic heterocycles. The Morgan fingerprint density at radius 1 is 1.11 bits per heavy atom. The summed E-state index contributed by atoms with van der Waals surface area (Å²) >= 11 is 0. The minimum atomic E-state index is -2.73. The van der Waals surface area contributed by atoms with Gasteiger partial charge in [-0.1, -0.05) is 18.2 Å². The molecule has 2 aromatic rings. The van der Waals surface area contributed by atoms with Crippen LogP contribution in [-0.2, 0) is 25.5 Å². The van der Waals surface area contributed by atoms with Gasteiger partial charge in [-0.25, -0.2) is 0 Å². The second-order valence-electron chi connectivity index (χ2n) is 11.8. The Labute approximate surface area is 264 Å². The van der Waals surface area contributed by atoms with Crippen molar-refractivity contribution in [1.29, 1.82) is 0 Å². The number of nitrogens with one attached hydrogen (secondary N) is 1. The summed E-state index contributed by atoms with van der Waals surface area (Å²) in [6.45, 7) is 1.99. The van der Waals surface area contributed by atoms with Crippen LogP contribution >= 0.6 is 0 Å². The van der Waals surface area contributed by atoms with Crippen LogP contribution in [0.25, 0.3) is 11.1 Å². The summed E-state index contributed by atoms with van der Waals surface area (Å²) in [5, 5.41) is 47.7. The average molecular weight is 634 g/mol. The number of nitrogens with two attached hydrogens (primary N) is 1. The molecular formula is C33H35N3O10. The number of carbonyl (C=O) groups is 5. The molecule has 13 heteroatoms. The molecule has 242 valence electrons. The molecule has 3 aliphatic rings. The lowest BCUT2D eigenvalue weighted by molar-refractivity contribution is -0.148. The topological polar surface area (TPSA) is 217 Å². The van der Waals surface area contributed by atoms with E-state index in [1.807, 2.05) is 0 Å². The van der Waals surface area contributed by atoms with Crippen molar-refractivity contribution in [3.8, 4) is 16.9 Å². The molecule has 46 heavy (non-hydrogen) atoms. The predicted octanol–water partition coefficient (Wildman–Crippen LogP) is 1.47. The number of aliphatic hydroxyl groups excluding tert-OH is 2. The van der Waals surface area contributed by atoms with Crippen molar-refractivity contribution in [3.05, 3.63) is 75.8 Å². The van der Waals surface area contributed by atoms with Crippen LogP contribution in [0.2, 0.25) is 0 Å². The first-order valence-corrected chi connectivity index (χ1v) is 14.8. The zero-order valence-corrected chi connectivity index (χ0v) is 25.5. The number of likely N-dealkylation sites (N-methyl/N-ethyl adjacent to an activating group) is 1. The van der Waals surface area contributed by atoms with Gasteiger partial charge in [0.05, 0.1) is 24.6 Å². The lowest BCUT2D eigenvalue weighted by Crippen LogP contribution is -2.63. The first-order valence-electron chi connectivity index (χ1n) is 14.8. The number of primary amides is 1. The fraction of sp³-hybridized carbons (Fsp3) is 0.364. The molecule has 0 radical (unpaired) electrons. The molecule has 0 saturated carbocycles. The van der Waals surface area contributed by atoms with Crippen LogP contribution in [0.4, 0.5) is 0 Å². The van der Waals surface area contributed by atoms with Gasteiger partial charge in [0.15, 0.2) is 11.4 Å². The minimum Gasteiger partial charge on any atom is -0.510 e. The van der Waals surface area contributed by atoms with Crippen molar-refractivity contribution in [2.75, 3.05) is 27.2 Å². The fourth-order valence-electron chi connectivity index (χ4n) is 6.96. The van der Waals surface area contributed by atoms with Gasteiger partial charge in [-0.3, -0.25) is 28.9 Å². The van der Waals surface area contributed by atoms with Gasteiger partial charge < -0.3 is 36.2 Å². The number of ether oxygens (including phenoxy) is 1. The number of fused-ring (bicyclic) bond motifs is 3. The van der Waals surface area contributed by atoms with Gasteiger partial charge in [0, 0.05) is 23.6 Å². The first kappa shape index (κ1) is 32.4. The van der Waals surface area contributed by atoms with E-state index >= 15 is 0 Å². The highest BCUT2D eigenvalue weighted by atomic mass is 16.5. The van der Waals surface area contributed by atoms with Gasteiger partial charge in [0.25, 0.3) is 11.8 Å². The molecule has 2 amide bonds. The van der Waals surface area contributed by atoms with Crippen LogP contribution in [0, 0.1) is 11.8 Å². The number of carbonyl (C=O) groups excluding carboxylic acids is 5. The van der Waals surface area contributed by atoms with Gasteiger partial charge in [0.1, 0.15) is 22.8 Å². The zero-order chi connectivity index (χ0) is 33.7. The fourth-order valence-corrected chi connectivity index (χ4v) is 6.96. The highest BCUT2D eigenvalue weighted by molar-refractivity contribution is 6.25. The van der Waals surface area contributed by atoms with Gasteiger partial charge in [-0.05, 0) is 74.7 Å². The van der Waals surface area contributed by atoms with E-state index in [9.17, 15) is 44.4 Å². The minimum absolute atomic E-state index is 0.00470. The monoisotopic (exact) mass is 633 g/mol. The Hall–Kier alpha value is -5.01. The quantitative estimate of drug-likeness (QED) is 0.181. The lowest BCUT2D eigenvalue weighted by Gasteiger charge is -2.50. The average Bonchev–Trinajstić information content (AvgIpc) is 2.99. The number of hydrogen-bond acceptors (Lipinski definition) is 11. The number of phenols is 1. The summed E-state index contributed by atoms with van der Waals surface area (Å²) in [5.74, 6) is -8.16. The molecule has 5 rings (SSSR count). The number of rotatable bonds is 8. The highest BCUT2D eigenvalue weighted by Gasteiger charge is 2.63. The number of hydrogen-bond donors (Lipinski definition) is 6. The number of amides is 2.